The van der Waals surface area contributed by atoms with Crippen molar-refractivity contribution in [3.63, 3.8) is 0 Å². The number of aromatic nitrogens is 1. The van der Waals surface area contributed by atoms with E-state index in [1.165, 1.54) is 29.9 Å². The highest BCUT2D eigenvalue weighted by molar-refractivity contribution is 7.10. The number of halogens is 2. The Hall–Kier alpha value is -2.60. The third-order valence-corrected chi connectivity index (χ3v) is 5.15. The van der Waals surface area contributed by atoms with Gasteiger partial charge in [0.25, 0.3) is 0 Å². The maximum Gasteiger partial charge on any atom is 0.217 e. The Labute approximate surface area is 161 Å². The summed E-state index contributed by atoms with van der Waals surface area (Å²) in [5.74, 6) is -1.75. The summed E-state index contributed by atoms with van der Waals surface area (Å²) < 4.78 is 27.0. The molecule has 2 aromatic carbocycles. The standard InChI is InChI=1S/C21H20F2N2OS/c1-12(2)14-5-4-6-15(9-14)19-11-27-21(25-19)20(24-13(3)26)16-7-8-17(22)18(23)10-16/h4-12,20H,1-3H3,(H,24,26). The molecule has 0 aliphatic heterocycles. The van der Waals surface area contributed by atoms with Gasteiger partial charge in [-0.3, -0.25) is 4.79 Å². The molecule has 1 amide bonds. The van der Waals surface area contributed by atoms with E-state index >= 15 is 0 Å². The van der Waals surface area contributed by atoms with Crippen molar-refractivity contribution < 1.29 is 13.6 Å². The summed E-state index contributed by atoms with van der Waals surface area (Å²) in [6, 6.07) is 11.1. The van der Waals surface area contributed by atoms with Gasteiger partial charge in [0.15, 0.2) is 11.6 Å². The van der Waals surface area contributed by atoms with Gasteiger partial charge in [0.2, 0.25) is 5.91 Å². The van der Waals surface area contributed by atoms with Crippen LogP contribution in [0.1, 0.15) is 48.9 Å². The van der Waals surface area contributed by atoms with Gasteiger partial charge in [0.05, 0.1) is 5.69 Å². The van der Waals surface area contributed by atoms with Gasteiger partial charge in [-0.15, -0.1) is 11.3 Å². The lowest BCUT2D eigenvalue weighted by atomic mass is 10.00. The van der Waals surface area contributed by atoms with Gasteiger partial charge >= 0.3 is 0 Å². The van der Waals surface area contributed by atoms with Crippen LogP contribution < -0.4 is 5.32 Å². The van der Waals surface area contributed by atoms with E-state index < -0.39 is 17.7 Å². The second-order valence-corrected chi connectivity index (χ2v) is 7.55. The molecule has 140 valence electrons. The van der Waals surface area contributed by atoms with E-state index in [-0.39, 0.29) is 5.91 Å². The van der Waals surface area contributed by atoms with Crippen molar-refractivity contribution in [3.8, 4) is 11.3 Å². The molecular weight excluding hydrogens is 366 g/mol. The first kappa shape index (κ1) is 19.2. The normalized spacial score (nSPS) is 12.2. The summed E-state index contributed by atoms with van der Waals surface area (Å²) in [5.41, 5.74) is 3.42. The molecule has 0 saturated carbocycles. The fourth-order valence-electron chi connectivity index (χ4n) is 2.79. The van der Waals surface area contributed by atoms with Gasteiger partial charge in [-0.25, -0.2) is 13.8 Å². The van der Waals surface area contributed by atoms with E-state index in [1.807, 2.05) is 17.5 Å². The molecule has 1 atom stereocenters. The molecule has 6 heteroatoms. The van der Waals surface area contributed by atoms with Crippen molar-refractivity contribution >= 4 is 17.2 Å². The predicted molar refractivity (Wildman–Crippen MR) is 104 cm³/mol. The molecule has 0 bridgehead atoms. The number of rotatable bonds is 5. The molecule has 0 saturated heterocycles. The lowest BCUT2D eigenvalue weighted by Crippen LogP contribution is -2.27. The zero-order valence-corrected chi connectivity index (χ0v) is 16.1. The van der Waals surface area contributed by atoms with Crippen LogP contribution in [0.5, 0.6) is 0 Å². The average molecular weight is 386 g/mol. The molecule has 0 radical (unpaired) electrons. The van der Waals surface area contributed by atoms with E-state index in [0.717, 1.165) is 23.4 Å². The van der Waals surface area contributed by atoms with Gasteiger partial charge in [-0.2, -0.15) is 0 Å². The summed E-state index contributed by atoms with van der Waals surface area (Å²) in [7, 11) is 0. The fraction of sp³-hybridized carbons (Fsp3) is 0.238. The van der Waals surface area contributed by atoms with Gasteiger partial charge < -0.3 is 5.32 Å². The van der Waals surface area contributed by atoms with E-state index in [9.17, 15) is 13.6 Å². The molecular formula is C21H20F2N2OS. The average Bonchev–Trinajstić information content (AvgIpc) is 3.12. The molecule has 3 nitrogen and oxygen atoms in total. The van der Waals surface area contributed by atoms with E-state index in [4.69, 9.17) is 0 Å². The molecule has 27 heavy (non-hydrogen) atoms. The van der Waals surface area contributed by atoms with Crippen LogP contribution in [0.2, 0.25) is 0 Å². The van der Waals surface area contributed by atoms with Crippen LogP contribution >= 0.6 is 11.3 Å². The summed E-state index contributed by atoms with van der Waals surface area (Å²) in [6.07, 6.45) is 0. The third kappa shape index (κ3) is 4.39. The Morgan fingerprint density at radius 1 is 1.07 bits per heavy atom. The first-order valence-corrected chi connectivity index (χ1v) is 9.51. The van der Waals surface area contributed by atoms with Crippen LogP contribution in [0, 0.1) is 11.6 Å². The first-order chi connectivity index (χ1) is 12.8. The molecule has 0 spiro atoms. The van der Waals surface area contributed by atoms with Crippen LogP contribution in [0.3, 0.4) is 0 Å². The zero-order valence-electron chi connectivity index (χ0n) is 15.3. The van der Waals surface area contributed by atoms with Crippen molar-refractivity contribution in [2.75, 3.05) is 0 Å². The molecule has 1 unspecified atom stereocenters. The van der Waals surface area contributed by atoms with Crippen LogP contribution in [-0.2, 0) is 4.79 Å². The van der Waals surface area contributed by atoms with Crippen molar-refractivity contribution in [2.24, 2.45) is 0 Å². The zero-order chi connectivity index (χ0) is 19.6. The summed E-state index contributed by atoms with van der Waals surface area (Å²) in [4.78, 5) is 16.3. The second-order valence-electron chi connectivity index (χ2n) is 6.66. The van der Waals surface area contributed by atoms with Crippen molar-refractivity contribution in [1.29, 1.82) is 0 Å². The van der Waals surface area contributed by atoms with Crippen LogP contribution in [0.4, 0.5) is 8.78 Å². The number of thiazole rings is 1. The monoisotopic (exact) mass is 386 g/mol. The molecule has 1 aromatic heterocycles. The molecule has 0 aliphatic rings. The van der Waals surface area contributed by atoms with Gasteiger partial charge in [-0.05, 0) is 35.2 Å². The lowest BCUT2D eigenvalue weighted by molar-refractivity contribution is -0.119. The van der Waals surface area contributed by atoms with Crippen molar-refractivity contribution in [2.45, 2.75) is 32.7 Å². The van der Waals surface area contributed by atoms with Gasteiger partial charge in [0, 0.05) is 17.9 Å². The lowest BCUT2D eigenvalue weighted by Gasteiger charge is -2.16. The topological polar surface area (TPSA) is 42.0 Å². The SMILES string of the molecule is CC(=O)NC(c1ccc(F)c(F)c1)c1nc(-c2cccc(C(C)C)c2)cs1. The van der Waals surface area contributed by atoms with Crippen molar-refractivity contribution in [1.82, 2.24) is 10.3 Å². The molecule has 3 rings (SSSR count). The Kier molecular flexibility index (Phi) is 5.65. The minimum Gasteiger partial charge on any atom is -0.343 e. The van der Waals surface area contributed by atoms with Crippen LogP contribution in [0.15, 0.2) is 47.8 Å². The summed E-state index contributed by atoms with van der Waals surface area (Å²) >= 11 is 1.37. The van der Waals surface area contributed by atoms with E-state index in [2.05, 4.69) is 36.3 Å². The van der Waals surface area contributed by atoms with E-state index in [1.54, 1.807) is 0 Å². The highest BCUT2D eigenvalue weighted by Crippen LogP contribution is 2.31. The smallest absolute Gasteiger partial charge is 0.217 e. The number of hydrogen-bond donors (Lipinski definition) is 1. The van der Waals surface area contributed by atoms with Crippen LogP contribution in [0.25, 0.3) is 11.3 Å². The minimum atomic E-state index is -0.954. The predicted octanol–water partition coefficient (Wildman–Crippen LogP) is 5.44. The Morgan fingerprint density at radius 3 is 2.52 bits per heavy atom. The fourth-order valence-corrected chi connectivity index (χ4v) is 3.70. The number of nitrogens with zero attached hydrogens (tertiary/aromatic N) is 1. The Bertz CT molecular complexity index is 968. The highest BCUT2D eigenvalue weighted by atomic mass is 32.1. The molecule has 0 fully saturated rings. The van der Waals surface area contributed by atoms with Gasteiger partial charge in [0.1, 0.15) is 11.0 Å². The van der Waals surface area contributed by atoms with E-state index in [0.29, 0.717) is 16.5 Å². The van der Waals surface area contributed by atoms with Crippen LogP contribution in [-0.4, -0.2) is 10.9 Å². The molecule has 1 N–H and O–H groups in total. The second kappa shape index (κ2) is 7.96. The number of hydrogen-bond acceptors (Lipinski definition) is 3. The maximum absolute atomic E-state index is 13.7. The third-order valence-electron chi connectivity index (χ3n) is 4.24. The number of amides is 1. The number of nitrogens with one attached hydrogen (secondary N) is 1. The number of carbonyl (C=O) groups is 1. The minimum absolute atomic E-state index is 0.275. The van der Waals surface area contributed by atoms with Gasteiger partial charge in [-0.1, -0.05) is 38.1 Å². The van der Waals surface area contributed by atoms with Crippen molar-refractivity contribution in [3.05, 3.63) is 75.6 Å². The maximum atomic E-state index is 13.7. The number of benzene rings is 2. The molecule has 0 aliphatic carbocycles. The molecule has 3 aromatic rings. The molecule has 1 heterocycles. The summed E-state index contributed by atoms with van der Waals surface area (Å²) in [6.45, 7) is 5.64. The Morgan fingerprint density at radius 2 is 1.85 bits per heavy atom. The summed E-state index contributed by atoms with van der Waals surface area (Å²) in [5, 5.41) is 5.29. The first-order valence-electron chi connectivity index (χ1n) is 8.63. The largest absolute Gasteiger partial charge is 0.343 e. The Balaban J connectivity index is 1.98. The highest BCUT2D eigenvalue weighted by Gasteiger charge is 2.21. The number of carbonyl (C=O) groups excluding carboxylic acids is 1. The quantitative estimate of drug-likeness (QED) is 0.635.